The number of nitrogens with zero attached hydrogens (tertiary/aromatic N) is 1. The summed E-state index contributed by atoms with van der Waals surface area (Å²) >= 11 is 0. The number of aryl methyl sites for hydroxylation is 1. The maximum absolute atomic E-state index is 13.1. The molecule has 2 heterocycles. The second-order valence-electron chi connectivity index (χ2n) is 7.91. The predicted molar refractivity (Wildman–Crippen MR) is 112 cm³/mol. The largest absolute Gasteiger partial charge is 0.507 e. The van der Waals surface area contributed by atoms with Crippen LogP contribution in [0, 0.1) is 6.92 Å². The molecule has 1 saturated heterocycles. The summed E-state index contributed by atoms with van der Waals surface area (Å²) in [5, 5.41) is 11.1. The number of amides is 1. The lowest BCUT2D eigenvalue weighted by atomic mass is 9.92. The second kappa shape index (κ2) is 8.38. The van der Waals surface area contributed by atoms with Crippen molar-refractivity contribution >= 4 is 17.4 Å². The Morgan fingerprint density at radius 1 is 1.17 bits per heavy atom. The van der Waals surface area contributed by atoms with Gasteiger partial charge < -0.3 is 19.2 Å². The molecule has 1 unspecified atom stereocenters. The highest BCUT2D eigenvalue weighted by Gasteiger charge is 2.50. The van der Waals surface area contributed by atoms with Crippen LogP contribution in [0.3, 0.4) is 0 Å². The van der Waals surface area contributed by atoms with Crippen LogP contribution in [0.1, 0.15) is 62.2 Å². The number of rotatable bonds is 5. The van der Waals surface area contributed by atoms with Gasteiger partial charge in [0.2, 0.25) is 0 Å². The monoisotopic (exact) mass is 409 g/mol. The van der Waals surface area contributed by atoms with Crippen molar-refractivity contribution in [2.45, 2.75) is 58.0 Å². The Hall–Kier alpha value is -3.02. The number of hydrogen-bond donors (Lipinski definition) is 1. The van der Waals surface area contributed by atoms with E-state index in [1.54, 1.807) is 35.2 Å². The van der Waals surface area contributed by atoms with Crippen LogP contribution in [0.2, 0.25) is 0 Å². The van der Waals surface area contributed by atoms with Gasteiger partial charge in [-0.1, -0.05) is 31.4 Å². The van der Waals surface area contributed by atoms with Gasteiger partial charge in [-0.2, -0.15) is 0 Å². The van der Waals surface area contributed by atoms with Gasteiger partial charge in [-0.3, -0.25) is 9.59 Å². The van der Waals surface area contributed by atoms with Gasteiger partial charge in [0.25, 0.3) is 11.7 Å². The first-order chi connectivity index (χ1) is 14.5. The lowest BCUT2D eigenvalue weighted by Crippen LogP contribution is -2.40. The average Bonchev–Trinajstić information content (AvgIpc) is 3.30. The van der Waals surface area contributed by atoms with Crippen LogP contribution in [-0.4, -0.2) is 34.3 Å². The summed E-state index contributed by atoms with van der Waals surface area (Å²) in [7, 11) is 0. The van der Waals surface area contributed by atoms with Gasteiger partial charge in [0, 0.05) is 11.6 Å². The highest BCUT2D eigenvalue weighted by molar-refractivity contribution is 6.46. The maximum atomic E-state index is 13.1. The van der Waals surface area contributed by atoms with Crippen LogP contribution in [0.5, 0.6) is 5.75 Å². The fourth-order valence-corrected chi connectivity index (χ4v) is 4.52. The molecule has 1 saturated carbocycles. The third-order valence-corrected chi connectivity index (χ3v) is 5.90. The molecule has 0 spiro atoms. The first-order valence-corrected chi connectivity index (χ1v) is 10.6. The number of ether oxygens (including phenoxy) is 1. The Morgan fingerprint density at radius 3 is 2.60 bits per heavy atom. The third kappa shape index (κ3) is 3.62. The minimum absolute atomic E-state index is 0.0364. The molecule has 2 aromatic rings. The van der Waals surface area contributed by atoms with Crippen LogP contribution < -0.4 is 4.74 Å². The van der Waals surface area contributed by atoms with Gasteiger partial charge in [0.1, 0.15) is 29.1 Å². The molecule has 1 N–H and O–H groups in total. The van der Waals surface area contributed by atoms with Crippen molar-refractivity contribution in [1.82, 2.24) is 4.90 Å². The number of aliphatic hydroxyl groups excluding tert-OH is 1. The number of furan rings is 1. The van der Waals surface area contributed by atoms with Crippen molar-refractivity contribution < 1.29 is 23.8 Å². The number of carbonyl (C=O) groups is 2. The molecule has 30 heavy (non-hydrogen) atoms. The SMILES string of the molecule is CCOc1cccc(/C(O)=C2/C(=O)C(=O)N(C3CCCCC3)C2c2ccc(C)o2)c1. The number of aliphatic hydroxyl groups is 1. The minimum atomic E-state index is -0.724. The summed E-state index contributed by atoms with van der Waals surface area (Å²) in [4.78, 5) is 27.8. The number of carbonyl (C=O) groups excluding carboxylic acids is 2. The van der Waals surface area contributed by atoms with Crippen molar-refractivity contribution in [3.8, 4) is 5.75 Å². The topological polar surface area (TPSA) is 80.0 Å². The van der Waals surface area contributed by atoms with E-state index in [0.717, 1.165) is 32.1 Å². The maximum Gasteiger partial charge on any atom is 0.296 e. The van der Waals surface area contributed by atoms with E-state index in [9.17, 15) is 14.7 Å². The molecule has 0 radical (unpaired) electrons. The van der Waals surface area contributed by atoms with E-state index in [1.807, 2.05) is 19.9 Å². The van der Waals surface area contributed by atoms with Gasteiger partial charge in [-0.15, -0.1) is 0 Å². The first-order valence-electron chi connectivity index (χ1n) is 10.6. The molecule has 6 nitrogen and oxygen atoms in total. The number of likely N-dealkylation sites (tertiary alicyclic amines) is 1. The van der Waals surface area contributed by atoms with Gasteiger partial charge in [0.05, 0.1) is 12.2 Å². The van der Waals surface area contributed by atoms with Crippen LogP contribution in [0.4, 0.5) is 0 Å². The predicted octanol–water partition coefficient (Wildman–Crippen LogP) is 4.74. The van der Waals surface area contributed by atoms with E-state index in [2.05, 4.69) is 0 Å². The average molecular weight is 409 g/mol. The molecule has 2 aliphatic rings. The quantitative estimate of drug-likeness (QED) is 0.438. The van der Waals surface area contributed by atoms with Gasteiger partial charge in [-0.05, 0) is 51.0 Å². The fourth-order valence-electron chi connectivity index (χ4n) is 4.52. The fraction of sp³-hybridized carbons (Fsp3) is 0.417. The molecular formula is C24H27NO5. The zero-order valence-corrected chi connectivity index (χ0v) is 17.4. The molecule has 1 amide bonds. The van der Waals surface area contributed by atoms with E-state index in [4.69, 9.17) is 9.15 Å². The van der Waals surface area contributed by atoms with Crippen LogP contribution in [-0.2, 0) is 9.59 Å². The molecule has 1 aliphatic carbocycles. The summed E-state index contributed by atoms with van der Waals surface area (Å²) < 4.78 is 11.4. The normalized spacial score (nSPS) is 21.9. The van der Waals surface area contributed by atoms with Crippen LogP contribution >= 0.6 is 0 Å². The summed E-state index contributed by atoms with van der Waals surface area (Å²) in [6, 6.07) is 9.76. The molecule has 158 valence electrons. The zero-order chi connectivity index (χ0) is 21.3. The van der Waals surface area contributed by atoms with E-state index >= 15 is 0 Å². The van der Waals surface area contributed by atoms with Crippen molar-refractivity contribution in [2.75, 3.05) is 6.61 Å². The summed E-state index contributed by atoms with van der Waals surface area (Å²) in [6.07, 6.45) is 4.88. The standard InChI is InChI=1S/C24H27NO5/c1-3-29-18-11-7-8-16(14-18)22(26)20-21(19-13-12-15(2)30-19)25(24(28)23(20)27)17-9-5-4-6-10-17/h7-8,11-14,17,21,26H,3-6,9-10H2,1-2H3/b22-20-. The molecule has 1 aromatic carbocycles. The molecule has 2 fully saturated rings. The molecule has 1 atom stereocenters. The van der Waals surface area contributed by atoms with Gasteiger partial charge >= 0.3 is 0 Å². The van der Waals surface area contributed by atoms with Crippen molar-refractivity contribution in [1.29, 1.82) is 0 Å². The highest BCUT2D eigenvalue weighted by atomic mass is 16.5. The smallest absolute Gasteiger partial charge is 0.296 e. The first kappa shape index (κ1) is 20.3. The Balaban J connectivity index is 1.83. The number of ketones is 1. The van der Waals surface area contributed by atoms with Crippen LogP contribution in [0.15, 0.2) is 46.4 Å². The molecule has 1 aliphatic heterocycles. The summed E-state index contributed by atoms with van der Waals surface area (Å²) in [6.45, 7) is 4.19. The summed E-state index contributed by atoms with van der Waals surface area (Å²) in [5.74, 6) is 0.348. The van der Waals surface area contributed by atoms with Gasteiger partial charge in [0.15, 0.2) is 0 Å². The van der Waals surface area contributed by atoms with Crippen molar-refractivity contribution in [2.24, 2.45) is 0 Å². The molecule has 0 bridgehead atoms. The van der Waals surface area contributed by atoms with Crippen LogP contribution in [0.25, 0.3) is 5.76 Å². The Labute approximate surface area is 176 Å². The molecule has 1 aromatic heterocycles. The van der Waals surface area contributed by atoms with E-state index in [0.29, 0.717) is 29.4 Å². The highest BCUT2D eigenvalue weighted by Crippen LogP contribution is 2.43. The molecule has 6 heteroatoms. The lowest BCUT2D eigenvalue weighted by Gasteiger charge is -2.34. The number of Topliss-reactive ketones (excluding diaryl/α,β-unsaturated/α-hetero) is 1. The van der Waals surface area contributed by atoms with Crippen molar-refractivity contribution in [3.05, 3.63) is 59.1 Å². The Morgan fingerprint density at radius 2 is 1.93 bits per heavy atom. The lowest BCUT2D eigenvalue weighted by molar-refractivity contribution is -0.142. The van der Waals surface area contributed by atoms with E-state index < -0.39 is 17.7 Å². The van der Waals surface area contributed by atoms with E-state index in [1.165, 1.54) is 0 Å². The summed E-state index contributed by atoms with van der Waals surface area (Å²) in [5.41, 5.74) is 0.518. The minimum Gasteiger partial charge on any atom is -0.507 e. The second-order valence-corrected chi connectivity index (χ2v) is 7.91. The third-order valence-electron chi connectivity index (χ3n) is 5.90. The van der Waals surface area contributed by atoms with Gasteiger partial charge in [-0.25, -0.2) is 0 Å². The van der Waals surface area contributed by atoms with Crippen molar-refractivity contribution in [3.63, 3.8) is 0 Å². The Bertz CT molecular complexity index is 983. The Kier molecular flexibility index (Phi) is 5.66. The number of benzene rings is 1. The number of hydrogen-bond acceptors (Lipinski definition) is 5. The van der Waals surface area contributed by atoms with E-state index in [-0.39, 0.29) is 17.4 Å². The molecule has 4 rings (SSSR count). The molecular weight excluding hydrogens is 382 g/mol. The zero-order valence-electron chi connectivity index (χ0n) is 17.4.